The summed E-state index contributed by atoms with van der Waals surface area (Å²) >= 11 is 0. The number of aromatic amines is 1. The fourth-order valence-electron chi connectivity index (χ4n) is 2.45. The lowest BCUT2D eigenvalue weighted by Gasteiger charge is -2.31. The number of rotatable bonds is 5. The lowest BCUT2D eigenvalue weighted by Crippen LogP contribution is -2.42. The third-order valence-electron chi connectivity index (χ3n) is 3.79. The minimum atomic E-state index is -0.251. The van der Waals surface area contributed by atoms with Gasteiger partial charge in [-0.25, -0.2) is 4.98 Å². The van der Waals surface area contributed by atoms with E-state index in [0.717, 1.165) is 5.82 Å². The van der Waals surface area contributed by atoms with Crippen LogP contribution in [0, 0.1) is 0 Å². The van der Waals surface area contributed by atoms with E-state index in [0.29, 0.717) is 38.5 Å². The zero-order valence-electron chi connectivity index (χ0n) is 13.3. The highest BCUT2D eigenvalue weighted by Gasteiger charge is 2.27. The van der Waals surface area contributed by atoms with Gasteiger partial charge in [-0.05, 0) is 0 Å². The zero-order chi connectivity index (χ0) is 16.2. The lowest BCUT2D eigenvalue weighted by molar-refractivity contribution is -0.139. The van der Waals surface area contributed by atoms with Crippen LogP contribution in [0.25, 0.3) is 0 Å². The molecule has 1 N–H and O–H groups in total. The molecular weight excluding hydrogens is 298 g/mol. The summed E-state index contributed by atoms with van der Waals surface area (Å²) in [7, 11) is 0. The molecule has 1 aliphatic heterocycles. The number of H-pyrrole nitrogens is 1. The first-order chi connectivity index (χ1) is 11.1. The maximum Gasteiger partial charge on any atom is 0.224 e. The number of morpholine rings is 1. The first-order valence-corrected chi connectivity index (χ1v) is 7.79. The highest BCUT2D eigenvalue weighted by molar-refractivity contribution is 5.76. The molecule has 1 amide bonds. The van der Waals surface area contributed by atoms with Crippen molar-refractivity contribution in [1.29, 1.82) is 0 Å². The van der Waals surface area contributed by atoms with Crippen molar-refractivity contribution in [1.82, 2.24) is 35.1 Å². The lowest BCUT2D eigenvalue weighted by atomic mass is 10.2. The van der Waals surface area contributed by atoms with E-state index in [1.807, 2.05) is 18.7 Å². The van der Waals surface area contributed by atoms with Crippen molar-refractivity contribution in [2.45, 2.75) is 38.8 Å². The SMILES string of the molecule is CC(C)c1n[nH]c([C@@H]2CN(C(=O)CCn3ccnn3)CCO2)n1. The van der Waals surface area contributed by atoms with Crippen molar-refractivity contribution in [3.05, 3.63) is 24.0 Å². The summed E-state index contributed by atoms with van der Waals surface area (Å²) in [4.78, 5) is 18.6. The molecule has 2 aromatic rings. The number of aryl methyl sites for hydroxylation is 1. The summed E-state index contributed by atoms with van der Waals surface area (Å²) in [5.74, 6) is 1.78. The smallest absolute Gasteiger partial charge is 0.224 e. The van der Waals surface area contributed by atoms with Gasteiger partial charge in [0.05, 0.1) is 25.9 Å². The average molecular weight is 319 g/mol. The van der Waals surface area contributed by atoms with Gasteiger partial charge in [0.2, 0.25) is 5.91 Å². The third kappa shape index (κ3) is 3.73. The van der Waals surface area contributed by atoms with Gasteiger partial charge < -0.3 is 9.64 Å². The third-order valence-corrected chi connectivity index (χ3v) is 3.79. The van der Waals surface area contributed by atoms with Gasteiger partial charge in [0.15, 0.2) is 11.6 Å². The van der Waals surface area contributed by atoms with Crippen LogP contribution in [0.4, 0.5) is 0 Å². The number of nitrogens with one attached hydrogen (secondary N) is 1. The molecular formula is C14H21N7O2. The minimum Gasteiger partial charge on any atom is -0.367 e. The second kappa shape index (κ2) is 6.86. The molecule has 0 saturated carbocycles. The van der Waals surface area contributed by atoms with Crippen LogP contribution in [0.5, 0.6) is 0 Å². The predicted octanol–water partition coefficient (Wildman–Crippen LogP) is 0.510. The summed E-state index contributed by atoms with van der Waals surface area (Å²) in [5.41, 5.74) is 0. The number of ether oxygens (including phenoxy) is 1. The molecule has 0 bridgehead atoms. The van der Waals surface area contributed by atoms with Gasteiger partial charge in [-0.3, -0.25) is 14.6 Å². The molecule has 3 rings (SSSR count). The van der Waals surface area contributed by atoms with Gasteiger partial charge in [0.25, 0.3) is 0 Å². The van der Waals surface area contributed by atoms with Gasteiger partial charge in [0.1, 0.15) is 6.10 Å². The quantitative estimate of drug-likeness (QED) is 0.861. The maximum atomic E-state index is 12.3. The molecule has 9 heteroatoms. The van der Waals surface area contributed by atoms with E-state index in [4.69, 9.17) is 4.74 Å². The van der Waals surface area contributed by atoms with Gasteiger partial charge in [-0.15, -0.1) is 5.10 Å². The Labute approximate surface area is 134 Å². The Balaban J connectivity index is 1.57. The topological polar surface area (TPSA) is 102 Å². The number of aromatic nitrogens is 6. The molecule has 1 atom stereocenters. The molecule has 0 aromatic carbocycles. The second-order valence-electron chi connectivity index (χ2n) is 5.85. The normalized spacial score (nSPS) is 18.6. The van der Waals surface area contributed by atoms with Gasteiger partial charge in [-0.1, -0.05) is 19.1 Å². The minimum absolute atomic E-state index is 0.0809. The number of nitrogens with zero attached hydrogens (tertiary/aromatic N) is 6. The van der Waals surface area contributed by atoms with Crippen LogP contribution in [-0.4, -0.2) is 60.7 Å². The zero-order valence-corrected chi connectivity index (χ0v) is 13.3. The average Bonchev–Trinajstić information content (AvgIpc) is 3.24. The Morgan fingerprint density at radius 2 is 2.39 bits per heavy atom. The van der Waals surface area contributed by atoms with Crippen molar-refractivity contribution in [2.24, 2.45) is 0 Å². The van der Waals surface area contributed by atoms with E-state index in [2.05, 4.69) is 25.5 Å². The van der Waals surface area contributed by atoms with Crippen LogP contribution >= 0.6 is 0 Å². The molecule has 1 fully saturated rings. The second-order valence-corrected chi connectivity index (χ2v) is 5.85. The van der Waals surface area contributed by atoms with Crippen LogP contribution in [0.2, 0.25) is 0 Å². The molecule has 0 radical (unpaired) electrons. The maximum absolute atomic E-state index is 12.3. The molecule has 1 aliphatic rings. The van der Waals surface area contributed by atoms with E-state index in [1.165, 1.54) is 0 Å². The standard InChI is InChI=1S/C14H21N7O2/c1-10(2)13-16-14(18-17-13)11-9-20(7-8-23-11)12(22)3-5-21-6-4-15-19-21/h4,6,10-11H,3,5,7-9H2,1-2H3,(H,16,17,18)/t11-/m0/s1. The van der Waals surface area contributed by atoms with Crippen molar-refractivity contribution in [3.63, 3.8) is 0 Å². The van der Waals surface area contributed by atoms with Crippen molar-refractivity contribution < 1.29 is 9.53 Å². The number of hydrogen-bond donors (Lipinski definition) is 1. The van der Waals surface area contributed by atoms with Crippen LogP contribution < -0.4 is 0 Å². The van der Waals surface area contributed by atoms with E-state index in [1.54, 1.807) is 17.1 Å². The number of carbonyl (C=O) groups excluding carboxylic acids is 1. The Morgan fingerprint density at radius 1 is 1.52 bits per heavy atom. The summed E-state index contributed by atoms with van der Waals surface area (Å²) in [6.07, 6.45) is 3.49. The van der Waals surface area contributed by atoms with Gasteiger partial charge >= 0.3 is 0 Å². The number of amides is 1. The molecule has 2 aromatic heterocycles. The first-order valence-electron chi connectivity index (χ1n) is 7.79. The van der Waals surface area contributed by atoms with Crippen LogP contribution in [0.15, 0.2) is 12.4 Å². The Kier molecular flexibility index (Phi) is 4.65. The highest BCUT2D eigenvalue weighted by Crippen LogP contribution is 2.21. The van der Waals surface area contributed by atoms with Gasteiger partial charge in [-0.2, -0.15) is 5.10 Å². The van der Waals surface area contributed by atoms with E-state index in [9.17, 15) is 4.79 Å². The van der Waals surface area contributed by atoms with Gasteiger partial charge in [0, 0.05) is 25.1 Å². The van der Waals surface area contributed by atoms with E-state index in [-0.39, 0.29) is 17.9 Å². The summed E-state index contributed by atoms with van der Waals surface area (Å²) in [6, 6.07) is 0. The summed E-state index contributed by atoms with van der Waals surface area (Å²) in [6.45, 7) is 6.18. The highest BCUT2D eigenvalue weighted by atomic mass is 16.5. The number of carbonyl (C=O) groups is 1. The van der Waals surface area contributed by atoms with Crippen molar-refractivity contribution in [3.8, 4) is 0 Å². The molecule has 9 nitrogen and oxygen atoms in total. The van der Waals surface area contributed by atoms with Crippen LogP contribution in [-0.2, 0) is 16.1 Å². The molecule has 23 heavy (non-hydrogen) atoms. The van der Waals surface area contributed by atoms with Crippen molar-refractivity contribution >= 4 is 5.91 Å². The summed E-state index contributed by atoms with van der Waals surface area (Å²) < 4.78 is 7.39. The Hall–Kier alpha value is -2.29. The molecule has 1 saturated heterocycles. The molecule has 124 valence electrons. The fraction of sp³-hybridized carbons (Fsp3) is 0.643. The predicted molar refractivity (Wildman–Crippen MR) is 80.4 cm³/mol. The van der Waals surface area contributed by atoms with Crippen LogP contribution in [0.1, 0.15) is 43.9 Å². The monoisotopic (exact) mass is 319 g/mol. The number of hydrogen-bond acceptors (Lipinski definition) is 6. The van der Waals surface area contributed by atoms with E-state index < -0.39 is 0 Å². The molecule has 0 aliphatic carbocycles. The molecule has 3 heterocycles. The molecule has 0 unspecified atom stereocenters. The fourth-order valence-corrected chi connectivity index (χ4v) is 2.45. The summed E-state index contributed by atoms with van der Waals surface area (Å²) in [5, 5.41) is 14.7. The van der Waals surface area contributed by atoms with Crippen LogP contribution in [0.3, 0.4) is 0 Å². The molecule has 0 spiro atoms. The first kappa shape index (κ1) is 15.6. The van der Waals surface area contributed by atoms with E-state index >= 15 is 0 Å². The van der Waals surface area contributed by atoms with Crippen molar-refractivity contribution in [2.75, 3.05) is 19.7 Å². The Bertz CT molecular complexity index is 637. The Morgan fingerprint density at radius 3 is 3.09 bits per heavy atom. The largest absolute Gasteiger partial charge is 0.367 e.